The lowest BCUT2D eigenvalue weighted by Gasteiger charge is -2.19. The van der Waals surface area contributed by atoms with Gasteiger partial charge >= 0.3 is 0 Å². The van der Waals surface area contributed by atoms with Gasteiger partial charge in [-0.1, -0.05) is 36.4 Å². The van der Waals surface area contributed by atoms with Gasteiger partial charge in [0.05, 0.1) is 10.9 Å². The van der Waals surface area contributed by atoms with Crippen molar-refractivity contribution >= 4 is 35.2 Å². The van der Waals surface area contributed by atoms with Crippen molar-refractivity contribution in [1.29, 1.82) is 0 Å². The number of nitrogens with zero attached hydrogens (tertiary/aromatic N) is 4. The number of primary amides is 1. The van der Waals surface area contributed by atoms with Crippen molar-refractivity contribution < 1.29 is 4.79 Å². The lowest BCUT2D eigenvalue weighted by Crippen LogP contribution is -2.25. The van der Waals surface area contributed by atoms with Gasteiger partial charge in [-0.3, -0.25) is 9.36 Å². The van der Waals surface area contributed by atoms with E-state index in [-0.39, 0.29) is 11.2 Å². The molecule has 1 fully saturated rings. The Labute approximate surface area is 150 Å². The number of hydrogen-bond donors (Lipinski definition) is 1. The zero-order chi connectivity index (χ0) is 17.1. The highest BCUT2D eigenvalue weighted by Gasteiger charge is 2.25. The van der Waals surface area contributed by atoms with E-state index in [9.17, 15) is 4.79 Å². The number of carbonyl (C=O) groups excluding carboxylic acids is 1. The Morgan fingerprint density at radius 2 is 2.12 bits per heavy atom. The molecule has 0 saturated carbocycles. The maximum atomic E-state index is 11.6. The van der Waals surface area contributed by atoms with E-state index in [4.69, 9.17) is 17.3 Å². The van der Waals surface area contributed by atoms with Crippen molar-refractivity contribution in [3.63, 3.8) is 0 Å². The summed E-state index contributed by atoms with van der Waals surface area (Å²) >= 11 is 7.51. The average Bonchev–Trinajstić information content (AvgIpc) is 3.21. The Hall–Kier alpha value is -1.73. The van der Waals surface area contributed by atoms with Gasteiger partial charge < -0.3 is 10.6 Å². The normalized spacial score (nSPS) is 15.7. The zero-order valence-corrected chi connectivity index (χ0v) is 15.1. The molecule has 1 aromatic carbocycles. The lowest BCUT2D eigenvalue weighted by molar-refractivity contribution is -0.117. The summed E-state index contributed by atoms with van der Waals surface area (Å²) in [5.74, 6) is 0.447. The first kappa shape index (κ1) is 17.1. The molecular formula is C16H20ClN5OS. The van der Waals surface area contributed by atoms with E-state index in [2.05, 4.69) is 15.1 Å². The molecule has 0 aliphatic carbocycles. The quantitative estimate of drug-likeness (QED) is 0.796. The first-order valence-electron chi connectivity index (χ1n) is 8.02. The van der Waals surface area contributed by atoms with E-state index in [1.807, 2.05) is 35.8 Å². The van der Waals surface area contributed by atoms with Crippen LogP contribution in [-0.2, 0) is 4.79 Å². The van der Waals surface area contributed by atoms with Crippen LogP contribution < -0.4 is 10.6 Å². The summed E-state index contributed by atoms with van der Waals surface area (Å²) < 4.78 is 1.97. The molecule has 1 aliphatic rings. The molecule has 2 heterocycles. The number of hydrogen-bond acceptors (Lipinski definition) is 5. The van der Waals surface area contributed by atoms with Crippen LogP contribution >= 0.6 is 23.4 Å². The van der Waals surface area contributed by atoms with Crippen molar-refractivity contribution in [2.45, 2.75) is 36.6 Å². The number of amides is 1. The molecule has 1 saturated heterocycles. The van der Waals surface area contributed by atoms with E-state index in [0.717, 1.165) is 37.6 Å². The number of benzene rings is 1. The van der Waals surface area contributed by atoms with Crippen LogP contribution in [0, 0.1) is 0 Å². The fraction of sp³-hybridized carbons (Fsp3) is 0.438. The van der Waals surface area contributed by atoms with Crippen LogP contribution in [0.1, 0.15) is 26.2 Å². The van der Waals surface area contributed by atoms with Crippen molar-refractivity contribution in [1.82, 2.24) is 14.8 Å². The largest absolute Gasteiger partial charge is 0.369 e. The Morgan fingerprint density at radius 1 is 1.38 bits per heavy atom. The van der Waals surface area contributed by atoms with Crippen LogP contribution in [0.5, 0.6) is 0 Å². The topological polar surface area (TPSA) is 77.0 Å². The van der Waals surface area contributed by atoms with Gasteiger partial charge in [0.2, 0.25) is 11.9 Å². The highest BCUT2D eigenvalue weighted by molar-refractivity contribution is 8.00. The van der Waals surface area contributed by atoms with Crippen molar-refractivity contribution in [2.75, 3.05) is 18.0 Å². The lowest BCUT2D eigenvalue weighted by atomic mass is 10.3. The molecule has 1 amide bonds. The van der Waals surface area contributed by atoms with Crippen LogP contribution in [0.2, 0.25) is 5.02 Å². The minimum absolute atomic E-state index is 0.335. The third-order valence-corrected chi connectivity index (χ3v) is 5.57. The summed E-state index contributed by atoms with van der Waals surface area (Å²) in [6, 6.07) is 7.56. The molecule has 0 radical (unpaired) electrons. The summed E-state index contributed by atoms with van der Waals surface area (Å²) in [5, 5.41) is 9.66. The number of halogens is 1. The molecule has 24 heavy (non-hydrogen) atoms. The highest BCUT2D eigenvalue weighted by atomic mass is 35.5. The fourth-order valence-electron chi connectivity index (χ4n) is 2.77. The number of carbonyl (C=O) groups is 1. The number of rotatable bonds is 6. The van der Waals surface area contributed by atoms with E-state index in [1.165, 1.54) is 11.8 Å². The SMILES string of the molecule is CCC(Sc1nnc(N2CCCC2)n1-c1cccc(Cl)c1)C(N)=O. The number of aromatic nitrogens is 3. The Kier molecular flexibility index (Phi) is 5.30. The summed E-state index contributed by atoms with van der Waals surface area (Å²) in [5.41, 5.74) is 6.37. The molecule has 6 nitrogen and oxygen atoms in total. The molecule has 2 N–H and O–H groups in total. The maximum Gasteiger partial charge on any atom is 0.232 e. The molecule has 1 aromatic heterocycles. The monoisotopic (exact) mass is 365 g/mol. The predicted octanol–water partition coefficient (Wildman–Crippen LogP) is 2.88. The van der Waals surface area contributed by atoms with Gasteiger partial charge in [0.15, 0.2) is 5.16 Å². The Bertz CT molecular complexity index is 729. The minimum atomic E-state index is -0.342. The summed E-state index contributed by atoms with van der Waals surface area (Å²) in [6.07, 6.45) is 2.93. The molecular weight excluding hydrogens is 346 g/mol. The van der Waals surface area contributed by atoms with Gasteiger partial charge in [0, 0.05) is 18.1 Å². The van der Waals surface area contributed by atoms with Gasteiger partial charge in [-0.05, 0) is 37.5 Å². The molecule has 8 heteroatoms. The van der Waals surface area contributed by atoms with E-state index < -0.39 is 0 Å². The second-order valence-corrected chi connectivity index (χ2v) is 7.32. The molecule has 1 unspecified atom stereocenters. The van der Waals surface area contributed by atoms with Gasteiger partial charge in [0.25, 0.3) is 0 Å². The number of anilines is 1. The van der Waals surface area contributed by atoms with Gasteiger partial charge in [0.1, 0.15) is 0 Å². The molecule has 0 spiro atoms. The first-order chi connectivity index (χ1) is 11.6. The van der Waals surface area contributed by atoms with Gasteiger partial charge in [-0.15, -0.1) is 10.2 Å². The fourth-order valence-corrected chi connectivity index (χ4v) is 3.87. The van der Waals surface area contributed by atoms with Crippen molar-refractivity contribution in [3.05, 3.63) is 29.3 Å². The maximum absolute atomic E-state index is 11.6. The molecule has 128 valence electrons. The van der Waals surface area contributed by atoms with Crippen molar-refractivity contribution in [3.8, 4) is 5.69 Å². The molecule has 1 aliphatic heterocycles. The minimum Gasteiger partial charge on any atom is -0.369 e. The molecule has 3 rings (SSSR count). The molecule has 0 bridgehead atoms. The molecule has 1 atom stereocenters. The van der Waals surface area contributed by atoms with Gasteiger partial charge in [-0.25, -0.2) is 0 Å². The standard InChI is InChI=1S/C16H20ClN5OS/c1-2-13(14(18)23)24-16-20-19-15(21-8-3-4-9-21)22(16)12-7-5-6-11(17)10-12/h5-7,10,13H,2-4,8-9H2,1H3,(H2,18,23). The summed E-state index contributed by atoms with van der Waals surface area (Å²) in [4.78, 5) is 13.8. The third kappa shape index (κ3) is 3.52. The van der Waals surface area contributed by atoms with Crippen molar-refractivity contribution in [2.24, 2.45) is 5.73 Å². The van der Waals surface area contributed by atoms with Crippen LogP contribution in [0.25, 0.3) is 5.69 Å². The number of thioether (sulfide) groups is 1. The third-order valence-electron chi connectivity index (χ3n) is 4.01. The van der Waals surface area contributed by atoms with Crippen LogP contribution in [0.15, 0.2) is 29.4 Å². The summed E-state index contributed by atoms with van der Waals surface area (Å²) in [7, 11) is 0. The summed E-state index contributed by atoms with van der Waals surface area (Å²) in [6.45, 7) is 3.84. The first-order valence-corrected chi connectivity index (χ1v) is 9.28. The van der Waals surface area contributed by atoms with Crippen LogP contribution in [0.3, 0.4) is 0 Å². The van der Waals surface area contributed by atoms with E-state index >= 15 is 0 Å². The Balaban J connectivity index is 2.03. The van der Waals surface area contributed by atoms with E-state index in [1.54, 1.807) is 0 Å². The average molecular weight is 366 g/mol. The smallest absolute Gasteiger partial charge is 0.232 e. The zero-order valence-electron chi connectivity index (χ0n) is 13.5. The van der Waals surface area contributed by atoms with Crippen LogP contribution in [0.4, 0.5) is 5.95 Å². The second-order valence-electron chi connectivity index (χ2n) is 5.71. The highest BCUT2D eigenvalue weighted by Crippen LogP contribution is 2.32. The molecule has 2 aromatic rings. The second kappa shape index (κ2) is 7.44. The van der Waals surface area contributed by atoms with Crippen LogP contribution in [-0.4, -0.2) is 39.0 Å². The Morgan fingerprint density at radius 3 is 2.75 bits per heavy atom. The predicted molar refractivity (Wildman–Crippen MR) is 96.9 cm³/mol. The van der Waals surface area contributed by atoms with E-state index in [0.29, 0.717) is 16.6 Å². The van der Waals surface area contributed by atoms with Gasteiger partial charge in [-0.2, -0.15) is 0 Å². The number of nitrogens with two attached hydrogens (primary N) is 1.